The second kappa shape index (κ2) is 7.15. The molecule has 0 bridgehead atoms. The van der Waals surface area contributed by atoms with E-state index < -0.39 is 23.1 Å². The minimum absolute atomic E-state index is 0.186. The summed E-state index contributed by atoms with van der Waals surface area (Å²) in [4.78, 5) is 12.6. The number of hydrogen-bond donors (Lipinski definition) is 2. The van der Waals surface area contributed by atoms with E-state index in [1.807, 2.05) is 6.92 Å². The van der Waals surface area contributed by atoms with Crippen LogP contribution in [0.25, 0.3) is 0 Å². The summed E-state index contributed by atoms with van der Waals surface area (Å²) in [6.07, 6.45) is 1.61. The van der Waals surface area contributed by atoms with Crippen LogP contribution in [0.5, 0.6) is 0 Å². The molecule has 0 spiro atoms. The van der Waals surface area contributed by atoms with Crippen LogP contribution in [0, 0.1) is 17.0 Å². The second-order valence-electron chi connectivity index (χ2n) is 5.70. The summed E-state index contributed by atoms with van der Waals surface area (Å²) in [5.41, 5.74) is 5.43. The highest BCUT2D eigenvalue weighted by Crippen LogP contribution is 2.31. The molecule has 1 aliphatic heterocycles. The van der Waals surface area contributed by atoms with E-state index in [1.165, 1.54) is 12.1 Å². The molecule has 1 fully saturated rings. The summed E-state index contributed by atoms with van der Waals surface area (Å²) in [5, 5.41) is 2.87. The Morgan fingerprint density at radius 1 is 1.41 bits per heavy atom. The number of hydrogen-bond acceptors (Lipinski definition) is 3. The molecule has 1 aromatic carbocycles. The zero-order valence-corrected chi connectivity index (χ0v) is 12.7. The highest BCUT2D eigenvalue weighted by molar-refractivity contribution is 5.83. The van der Waals surface area contributed by atoms with Crippen LogP contribution >= 0.6 is 0 Å². The van der Waals surface area contributed by atoms with Crippen molar-refractivity contribution < 1.29 is 18.3 Å². The molecular formula is C16H22F2N2O2. The molecule has 1 atom stereocenters. The van der Waals surface area contributed by atoms with Gasteiger partial charge in [-0.25, -0.2) is 8.78 Å². The van der Waals surface area contributed by atoms with Crippen LogP contribution in [0.3, 0.4) is 0 Å². The number of benzene rings is 1. The summed E-state index contributed by atoms with van der Waals surface area (Å²) in [6.45, 7) is 3.05. The Balaban J connectivity index is 2.16. The topological polar surface area (TPSA) is 64.4 Å². The number of halogens is 2. The number of carbonyl (C=O) groups is 1. The van der Waals surface area contributed by atoms with Gasteiger partial charge in [0.25, 0.3) is 0 Å². The van der Waals surface area contributed by atoms with Gasteiger partial charge in [-0.3, -0.25) is 4.79 Å². The van der Waals surface area contributed by atoms with Crippen molar-refractivity contribution in [3.63, 3.8) is 0 Å². The normalized spacial score (nSPS) is 18.7. The molecule has 1 aliphatic rings. The molecule has 1 heterocycles. The van der Waals surface area contributed by atoms with Crippen LogP contribution in [-0.2, 0) is 9.53 Å². The predicted octanol–water partition coefficient (Wildman–Crippen LogP) is 2.29. The molecule has 6 heteroatoms. The molecule has 0 radical (unpaired) electrons. The Morgan fingerprint density at radius 2 is 2.09 bits per heavy atom. The highest BCUT2D eigenvalue weighted by Gasteiger charge is 2.39. The first kappa shape index (κ1) is 16.8. The Hall–Kier alpha value is -1.53. The van der Waals surface area contributed by atoms with Gasteiger partial charge < -0.3 is 15.8 Å². The third-order valence-corrected chi connectivity index (χ3v) is 4.37. The Bertz CT molecular complexity index is 531. The standard InChI is InChI=1S/C16H22F2N2O2/c1-2-14(12-4-3-11(17)9-13(12)18)20-15(21)16(10-19)5-7-22-8-6-16/h3-4,9,14H,2,5-8,10,19H2,1H3,(H,20,21). The summed E-state index contributed by atoms with van der Waals surface area (Å²) >= 11 is 0. The lowest BCUT2D eigenvalue weighted by Gasteiger charge is -2.36. The summed E-state index contributed by atoms with van der Waals surface area (Å²) in [7, 11) is 0. The van der Waals surface area contributed by atoms with Crippen molar-refractivity contribution in [2.24, 2.45) is 11.1 Å². The van der Waals surface area contributed by atoms with E-state index in [2.05, 4.69) is 5.32 Å². The number of rotatable bonds is 5. The van der Waals surface area contributed by atoms with Crippen molar-refractivity contribution >= 4 is 5.91 Å². The average molecular weight is 312 g/mol. The fraction of sp³-hybridized carbons (Fsp3) is 0.562. The zero-order valence-electron chi connectivity index (χ0n) is 12.7. The summed E-state index contributed by atoms with van der Waals surface area (Å²) in [6, 6.07) is 2.90. The second-order valence-corrected chi connectivity index (χ2v) is 5.70. The van der Waals surface area contributed by atoms with E-state index in [0.717, 1.165) is 6.07 Å². The molecule has 2 rings (SSSR count). The van der Waals surface area contributed by atoms with E-state index in [9.17, 15) is 13.6 Å². The third-order valence-electron chi connectivity index (χ3n) is 4.37. The monoisotopic (exact) mass is 312 g/mol. The lowest BCUT2D eigenvalue weighted by Crippen LogP contribution is -2.50. The molecule has 0 aliphatic carbocycles. The van der Waals surface area contributed by atoms with Gasteiger partial charge in [-0.05, 0) is 25.3 Å². The smallest absolute Gasteiger partial charge is 0.228 e. The van der Waals surface area contributed by atoms with Gasteiger partial charge in [-0.15, -0.1) is 0 Å². The van der Waals surface area contributed by atoms with E-state index in [0.29, 0.717) is 32.5 Å². The minimum Gasteiger partial charge on any atom is -0.381 e. The van der Waals surface area contributed by atoms with Gasteiger partial charge >= 0.3 is 0 Å². The van der Waals surface area contributed by atoms with Crippen molar-refractivity contribution in [1.82, 2.24) is 5.32 Å². The maximum absolute atomic E-state index is 13.9. The molecule has 1 amide bonds. The third kappa shape index (κ3) is 3.44. The molecular weight excluding hydrogens is 290 g/mol. The van der Waals surface area contributed by atoms with Gasteiger partial charge in [-0.2, -0.15) is 0 Å². The molecule has 1 aromatic rings. The summed E-state index contributed by atoms with van der Waals surface area (Å²) < 4.78 is 32.2. The van der Waals surface area contributed by atoms with E-state index in [-0.39, 0.29) is 18.0 Å². The lowest BCUT2D eigenvalue weighted by molar-refractivity contribution is -0.136. The molecule has 4 nitrogen and oxygen atoms in total. The maximum Gasteiger partial charge on any atom is 0.228 e. The predicted molar refractivity (Wildman–Crippen MR) is 79.1 cm³/mol. The molecule has 0 saturated carbocycles. The van der Waals surface area contributed by atoms with Gasteiger partial charge in [0.1, 0.15) is 11.6 Å². The van der Waals surface area contributed by atoms with Crippen molar-refractivity contribution in [3.05, 3.63) is 35.4 Å². The van der Waals surface area contributed by atoms with E-state index >= 15 is 0 Å². The number of ether oxygens (including phenoxy) is 1. The summed E-state index contributed by atoms with van der Waals surface area (Å²) in [5.74, 6) is -1.47. The van der Waals surface area contributed by atoms with Crippen LogP contribution < -0.4 is 11.1 Å². The molecule has 122 valence electrons. The quantitative estimate of drug-likeness (QED) is 0.877. The zero-order chi connectivity index (χ0) is 16.2. The van der Waals surface area contributed by atoms with Gasteiger partial charge in [0.05, 0.1) is 11.5 Å². The molecule has 0 aromatic heterocycles. The fourth-order valence-corrected chi connectivity index (χ4v) is 2.78. The highest BCUT2D eigenvalue weighted by atomic mass is 19.1. The fourth-order valence-electron chi connectivity index (χ4n) is 2.78. The first-order valence-corrected chi connectivity index (χ1v) is 7.56. The molecule has 1 saturated heterocycles. The Morgan fingerprint density at radius 3 is 2.64 bits per heavy atom. The SMILES string of the molecule is CCC(NC(=O)C1(CN)CCOCC1)c1ccc(F)cc1F. The molecule has 22 heavy (non-hydrogen) atoms. The van der Waals surface area contributed by atoms with Gasteiger partial charge in [0.2, 0.25) is 5.91 Å². The van der Waals surface area contributed by atoms with Crippen molar-refractivity contribution in [1.29, 1.82) is 0 Å². The van der Waals surface area contributed by atoms with Crippen molar-refractivity contribution in [2.75, 3.05) is 19.8 Å². The van der Waals surface area contributed by atoms with Gasteiger partial charge in [0, 0.05) is 31.4 Å². The van der Waals surface area contributed by atoms with Crippen LogP contribution in [-0.4, -0.2) is 25.7 Å². The molecule has 1 unspecified atom stereocenters. The van der Waals surface area contributed by atoms with Gasteiger partial charge in [0.15, 0.2) is 0 Å². The first-order valence-electron chi connectivity index (χ1n) is 7.56. The molecule has 3 N–H and O–H groups in total. The minimum atomic E-state index is -0.665. The average Bonchev–Trinajstić information content (AvgIpc) is 2.53. The van der Waals surface area contributed by atoms with Crippen molar-refractivity contribution in [3.8, 4) is 0 Å². The lowest BCUT2D eigenvalue weighted by atomic mass is 9.79. The van der Waals surface area contributed by atoms with Crippen LogP contribution in [0.15, 0.2) is 18.2 Å². The van der Waals surface area contributed by atoms with Crippen molar-refractivity contribution in [2.45, 2.75) is 32.2 Å². The van der Waals surface area contributed by atoms with E-state index in [1.54, 1.807) is 0 Å². The van der Waals surface area contributed by atoms with Gasteiger partial charge in [-0.1, -0.05) is 13.0 Å². The largest absolute Gasteiger partial charge is 0.381 e. The van der Waals surface area contributed by atoms with Crippen LogP contribution in [0.2, 0.25) is 0 Å². The Labute approximate surface area is 129 Å². The number of carbonyl (C=O) groups excluding carboxylic acids is 1. The van der Waals surface area contributed by atoms with Crippen LogP contribution in [0.4, 0.5) is 8.78 Å². The number of nitrogens with one attached hydrogen (secondary N) is 1. The number of nitrogens with two attached hydrogens (primary N) is 1. The first-order chi connectivity index (χ1) is 10.5. The Kier molecular flexibility index (Phi) is 5.47. The maximum atomic E-state index is 13.9. The van der Waals surface area contributed by atoms with Crippen LogP contribution in [0.1, 0.15) is 37.8 Å². The van der Waals surface area contributed by atoms with E-state index in [4.69, 9.17) is 10.5 Å². The number of amides is 1.